The maximum Gasteiger partial charge on any atom is 0.271 e. The second-order valence-corrected chi connectivity index (χ2v) is 4.57. The molecule has 0 radical (unpaired) electrons. The van der Waals surface area contributed by atoms with Gasteiger partial charge in [0.15, 0.2) is 0 Å². The summed E-state index contributed by atoms with van der Waals surface area (Å²) in [5.74, 6) is -0.151. The Labute approximate surface area is 119 Å². The van der Waals surface area contributed by atoms with E-state index in [1.807, 2.05) is 0 Å². The maximum atomic E-state index is 11.8. The van der Waals surface area contributed by atoms with Crippen LogP contribution in [0, 0.1) is 24.0 Å². The minimum absolute atomic E-state index is 0.151. The molecule has 0 saturated heterocycles. The van der Waals surface area contributed by atoms with E-state index in [0.29, 0.717) is 5.69 Å². The Morgan fingerprint density at radius 3 is 2.62 bits per heavy atom. The molecule has 0 spiro atoms. The van der Waals surface area contributed by atoms with Crippen molar-refractivity contribution in [3.63, 3.8) is 0 Å². The van der Waals surface area contributed by atoms with Crippen molar-refractivity contribution < 1.29 is 10.0 Å². The van der Waals surface area contributed by atoms with Crippen LogP contribution >= 0.6 is 0 Å². The third-order valence-corrected chi connectivity index (χ3v) is 2.86. The van der Waals surface area contributed by atoms with E-state index in [2.05, 4.69) is 5.10 Å². The van der Waals surface area contributed by atoms with Crippen LogP contribution in [0.15, 0.2) is 40.2 Å². The maximum absolute atomic E-state index is 11.8. The molecule has 0 saturated carbocycles. The first-order chi connectivity index (χ1) is 9.88. The molecular formula is C14H13N3O4. The van der Waals surface area contributed by atoms with Crippen LogP contribution in [0.25, 0.3) is 0 Å². The van der Waals surface area contributed by atoms with Crippen molar-refractivity contribution in [3.8, 4) is 5.75 Å². The van der Waals surface area contributed by atoms with Gasteiger partial charge in [-0.3, -0.25) is 14.9 Å². The monoisotopic (exact) mass is 287 g/mol. The van der Waals surface area contributed by atoms with Gasteiger partial charge in [0, 0.05) is 29.5 Å². The number of pyridine rings is 1. The van der Waals surface area contributed by atoms with E-state index >= 15 is 0 Å². The van der Waals surface area contributed by atoms with Crippen molar-refractivity contribution >= 4 is 11.9 Å². The topological polar surface area (TPSA) is 97.7 Å². The normalized spacial score (nSPS) is 11.0. The van der Waals surface area contributed by atoms with Gasteiger partial charge >= 0.3 is 0 Å². The minimum atomic E-state index is -0.569. The lowest BCUT2D eigenvalue weighted by Gasteiger charge is -2.04. The highest BCUT2D eigenvalue weighted by Gasteiger charge is 2.09. The zero-order valence-electron chi connectivity index (χ0n) is 11.5. The number of non-ortho nitro benzene ring substituents is 1. The van der Waals surface area contributed by atoms with Crippen LogP contribution in [0.3, 0.4) is 0 Å². The zero-order chi connectivity index (χ0) is 15.6. The highest BCUT2D eigenvalue weighted by atomic mass is 16.6. The van der Waals surface area contributed by atoms with Crippen LogP contribution in [0.1, 0.15) is 16.8 Å². The summed E-state index contributed by atoms with van der Waals surface area (Å²) in [6.45, 7) is 3.52. The van der Waals surface area contributed by atoms with Crippen LogP contribution in [0.4, 0.5) is 5.69 Å². The zero-order valence-corrected chi connectivity index (χ0v) is 11.5. The summed E-state index contributed by atoms with van der Waals surface area (Å²) >= 11 is 0. The fourth-order valence-corrected chi connectivity index (χ4v) is 1.89. The van der Waals surface area contributed by atoms with E-state index < -0.39 is 4.92 Å². The summed E-state index contributed by atoms with van der Waals surface area (Å²) < 4.78 is 1.16. The molecule has 1 aromatic heterocycles. The molecule has 108 valence electrons. The number of phenolic OH excluding ortho intramolecular Hbond substituents is 1. The summed E-state index contributed by atoms with van der Waals surface area (Å²) in [5, 5.41) is 24.4. The van der Waals surface area contributed by atoms with Gasteiger partial charge in [0.05, 0.1) is 11.1 Å². The Kier molecular flexibility index (Phi) is 3.84. The number of phenols is 1. The summed E-state index contributed by atoms with van der Waals surface area (Å²) in [7, 11) is 0. The molecule has 7 nitrogen and oxygen atoms in total. The number of aromatic hydroxyl groups is 1. The van der Waals surface area contributed by atoms with Crippen molar-refractivity contribution in [2.75, 3.05) is 0 Å². The smallest absolute Gasteiger partial charge is 0.271 e. The number of aromatic nitrogens is 1. The SMILES string of the molecule is Cc1cc(C)n(N=Cc2cc([N+](=O)[O-])ccc2O)c(=O)c1. The van der Waals surface area contributed by atoms with Gasteiger partial charge in [-0.25, -0.2) is 4.68 Å². The predicted molar refractivity (Wildman–Crippen MR) is 77.9 cm³/mol. The summed E-state index contributed by atoms with van der Waals surface area (Å²) in [4.78, 5) is 22.0. The van der Waals surface area contributed by atoms with Crippen molar-refractivity contribution in [1.29, 1.82) is 0 Å². The molecule has 2 rings (SSSR count). The van der Waals surface area contributed by atoms with Gasteiger partial charge in [-0.05, 0) is 31.5 Å². The second kappa shape index (κ2) is 5.58. The Morgan fingerprint density at radius 1 is 1.29 bits per heavy atom. The molecule has 0 aliphatic rings. The third kappa shape index (κ3) is 3.14. The van der Waals surface area contributed by atoms with E-state index in [0.717, 1.165) is 10.2 Å². The van der Waals surface area contributed by atoms with E-state index in [4.69, 9.17) is 0 Å². The second-order valence-electron chi connectivity index (χ2n) is 4.57. The number of hydrogen-bond donors (Lipinski definition) is 1. The lowest BCUT2D eigenvalue weighted by atomic mass is 10.2. The van der Waals surface area contributed by atoms with Crippen LogP contribution in [-0.2, 0) is 0 Å². The molecule has 0 bridgehead atoms. The van der Waals surface area contributed by atoms with E-state index in [1.54, 1.807) is 19.9 Å². The summed E-state index contributed by atoms with van der Waals surface area (Å²) in [6.07, 6.45) is 1.21. The first-order valence-corrected chi connectivity index (χ1v) is 6.10. The quantitative estimate of drug-likeness (QED) is 0.530. The highest BCUT2D eigenvalue weighted by molar-refractivity contribution is 5.84. The Morgan fingerprint density at radius 2 is 2.00 bits per heavy atom. The van der Waals surface area contributed by atoms with Crippen LogP contribution in [0.2, 0.25) is 0 Å². The fourth-order valence-electron chi connectivity index (χ4n) is 1.89. The number of nitro groups is 1. The number of aryl methyl sites for hydroxylation is 2. The molecule has 0 aliphatic carbocycles. The van der Waals surface area contributed by atoms with Gasteiger partial charge in [-0.15, -0.1) is 0 Å². The standard InChI is InChI=1S/C14H13N3O4/c1-9-5-10(2)16(14(19)6-9)15-8-11-7-12(17(20)21)3-4-13(11)18/h3-8,18H,1-2H3. The Hall–Kier alpha value is -2.96. The van der Waals surface area contributed by atoms with Crippen LogP contribution < -0.4 is 5.56 Å². The molecule has 0 fully saturated rings. The number of nitrogens with zero attached hydrogens (tertiary/aromatic N) is 3. The lowest BCUT2D eigenvalue weighted by molar-refractivity contribution is -0.384. The van der Waals surface area contributed by atoms with Crippen molar-refractivity contribution in [2.24, 2.45) is 5.10 Å². The predicted octanol–water partition coefficient (Wildman–Crippen LogP) is 1.96. The molecule has 7 heteroatoms. The molecule has 0 aliphatic heterocycles. The highest BCUT2D eigenvalue weighted by Crippen LogP contribution is 2.21. The Balaban J connectivity index is 2.45. The van der Waals surface area contributed by atoms with Crippen LogP contribution in [-0.4, -0.2) is 20.9 Å². The molecular weight excluding hydrogens is 274 g/mol. The van der Waals surface area contributed by atoms with Gasteiger partial charge in [-0.2, -0.15) is 5.10 Å². The van der Waals surface area contributed by atoms with E-state index in [9.17, 15) is 20.0 Å². The molecule has 2 aromatic rings. The summed E-state index contributed by atoms with van der Waals surface area (Å²) in [5.41, 5.74) is 1.13. The van der Waals surface area contributed by atoms with Gasteiger partial charge in [0.1, 0.15) is 5.75 Å². The molecule has 0 atom stereocenters. The number of hydrogen-bond acceptors (Lipinski definition) is 5. The average Bonchev–Trinajstić information content (AvgIpc) is 2.39. The molecule has 0 unspecified atom stereocenters. The summed E-state index contributed by atoms with van der Waals surface area (Å²) in [6, 6.07) is 6.80. The number of benzene rings is 1. The molecule has 1 heterocycles. The Bertz CT molecular complexity index is 793. The molecule has 21 heavy (non-hydrogen) atoms. The minimum Gasteiger partial charge on any atom is -0.507 e. The molecule has 1 N–H and O–H groups in total. The van der Waals surface area contributed by atoms with Crippen molar-refractivity contribution in [3.05, 3.63) is 67.6 Å². The van der Waals surface area contributed by atoms with E-state index in [-0.39, 0.29) is 22.6 Å². The molecule has 0 amide bonds. The van der Waals surface area contributed by atoms with Crippen molar-refractivity contribution in [1.82, 2.24) is 4.68 Å². The largest absolute Gasteiger partial charge is 0.507 e. The van der Waals surface area contributed by atoms with Gasteiger partial charge in [0.2, 0.25) is 0 Å². The third-order valence-electron chi connectivity index (χ3n) is 2.86. The molecule has 1 aromatic carbocycles. The number of rotatable bonds is 3. The van der Waals surface area contributed by atoms with Gasteiger partial charge < -0.3 is 5.11 Å². The van der Waals surface area contributed by atoms with Gasteiger partial charge in [-0.1, -0.05) is 0 Å². The number of nitro benzene ring substituents is 1. The first-order valence-electron chi connectivity index (χ1n) is 6.10. The fraction of sp³-hybridized carbons (Fsp3) is 0.143. The van der Waals surface area contributed by atoms with Crippen molar-refractivity contribution in [2.45, 2.75) is 13.8 Å². The van der Waals surface area contributed by atoms with Gasteiger partial charge in [0.25, 0.3) is 11.2 Å². The first kappa shape index (κ1) is 14.4. The van der Waals surface area contributed by atoms with E-state index in [1.165, 1.54) is 30.5 Å². The van der Waals surface area contributed by atoms with Crippen LogP contribution in [0.5, 0.6) is 5.75 Å². The lowest BCUT2D eigenvalue weighted by Crippen LogP contribution is -2.18. The average molecular weight is 287 g/mol.